The van der Waals surface area contributed by atoms with Crippen LogP contribution in [-0.4, -0.2) is 11.6 Å². The first-order chi connectivity index (χ1) is 9.17. The number of furan rings is 1. The number of hydrogen-bond acceptors (Lipinski definition) is 5. The number of nitrogens with zero attached hydrogens (tertiary/aromatic N) is 1. The molecule has 2 aromatic rings. The Bertz CT molecular complexity index is 557. The number of ether oxygens (including phenoxy) is 1. The molecule has 6 heteroatoms. The first-order valence-corrected chi connectivity index (χ1v) is 5.97. The molecule has 0 fully saturated rings. The van der Waals surface area contributed by atoms with Gasteiger partial charge in [-0.3, -0.25) is 5.84 Å². The summed E-state index contributed by atoms with van der Waals surface area (Å²) >= 11 is 0. The molecule has 0 amide bonds. The largest absolute Gasteiger partial charge is 0.476 e. The van der Waals surface area contributed by atoms with Crippen molar-refractivity contribution in [3.05, 3.63) is 47.3 Å². The lowest BCUT2D eigenvalue weighted by atomic mass is 10.1. The summed E-state index contributed by atoms with van der Waals surface area (Å²) in [6, 6.07) is 4.50. The van der Waals surface area contributed by atoms with E-state index >= 15 is 0 Å². The molecule has 0 aromatic carbocycles. The van der Waals surface area contributed by atoms with Crippen molar-refractivity contribution in [3.63, 3.8) is 0 Å². The fourth-order valence-corrected chi connectivity index (χ4v) is 1.83. The minimum Gasteiger partial charge on any atom is -0.476 e. The fourth-order valence-electron chi connectivity index (χ4n) is 1.83. The van der Waals surface area contributed by atoms with E-state index in [0.717, 1.165) is 5.76 Å². The fraction of sp³-hybridized carbons (Fsp3) is 0.308. The molecule has 2 heterocycles. The van der Waals surface area contributed by atoms with Crippen molar-refractivity contribution in [2.75, 3.05) is 6.61 Å². The second-order valence-electron chi connectivity index (χ2n) is 4.00. The van der Waals surface area contributed by atoms with Gasteiger partial charge in [0.2, 0.25) is 0 Å². The summed E-state index contributed by atoms with van der Waals surface area (Å²) in [6.07, 6.45) is 1.48. The van der Waals surface area contributed by atoms with E-state index in [-0.39, 0.29) is 5.88 Å². The summed E-state index contributed by atoms with van der Waals surface area (Å²) in [6.45, 7) is 3.92. The Morgan fingerprint density at radius 3 is 2.84 bits per heavy atom. The average molecular weight is 265 g/mol. The third-order valence-electron chi connectivity index (χ3n) is 2.69. The molecule has 0 aliphatic carbocycles. The van der Waals surface area contributed by atoms with Gasteiger partial charge in [0.25, 0.3) is 5.88 Å². The van der Waals surface area contributed by atoms with Crippen molar-refractivity contribution in [2.45, 2.75) is 19.9 Å². The highest BCUT2D eigenvalue weighted by Gasteiger charge is 2.22. The molecule has 1 atom stereocenters. The van der Waals surface area contributed by atoms with Gasteiger partial charge in [-0.1, -0.05) is 0 Å². The zero-order valence-electron chi connectivity index (χ0n) is 10.8. The maximum Gasteiger partial charge on any atom is 0.250 e. The van der Waals surface area contributed by atoms with Crippen LogP contribution in [0.3, 0.4) is 0 Å². The van der Waals surface area contributed by atoms with Gasteiger partial charge >= 0.3 is 0 Å². The maximum atomic E-state index is 14.3. The molecule has 2 rings (SSSR count). The van der Waals surface area contributed by atoms with E-state index < -0.39 is 11.9 Å². The van der Waals surface area contributed by atoms with Gasteiger partial charge in [-0.25, -0.2) is 14.8 Å². The Morgan fingerprint density at radius 1 is 1.47 bits per heavy atom. The van der Waals surface area contributed by atoms with Crippen molar-refractivity contribution < 1.29 is 13.5 Å². The predicted octanol–water partition coefficient (Wildman–Crippen LogP) is 2.07. The van der Waals surface area contributed by atoms with Crippen LogP contribution in [0.15, 0.2) is 28.8 Å². The number of halogens is 1. The van der Waals surface area contributed by atoms with E-state index in [0.29, 0.717) is 17.9 Å². The Morgan fingerprint density at radius 2 is 2.26 bits per heavy atom. The second kappa shape index (κ2) is 5.81. The molecule has 3 N–H and O–H groups in total. The van der Waals surface area contributed by atoms with E-state index in [1.54, 1.807) is 25.1 Å². The molecule has 5 nitrogen and oxygen atoms in total. The van der Waals surface area contributed by atoms with Gasteiger partial charge in [0.1, 0.15) is 17.6 Å². The van der Waals surface area contributed by atoms with Crippen molar-refractivity contribution in [2.24, 2.45) is 5.84 Å². The Hall–Kier alpha value is -1.92. The molecule has 0 saturated carbocycles. The normalized spacial score (nSPS) is 12.4. The molecule has 0 radical (unpaired) electrons. The lowest BCUT2D eigenvalue weighted by Gasteiger charge is -2.15. The quantitative estimate of drug-likeness (QED) is 0.639. The number of hydrogen-bond donors (Lipinski definition) is 2. The number of aromatic nitrogens is 1. The highest BCUT2D eigenvalue weighted by Crippen LogP contribution is 2.28. The number of nitrogens with two attached hydrogens (primary N) is 1. The lowest BCUT2D eigenvalue weighted by molar-refractivity contribution is 0.304. The number of aryl methyl sites for hydroxylation is 1. The highest BCUT2D eigenvalue weighted by atomic mass is 19.1. The summed E-state index contributed by atoms with van der Waals surface area (Å²) in [4.78, 5) is 3.85. The summed E-state index contributed by atoms with van der Waals surface area (Å²) in [7, 11) is 0. The van der Waals surface area contributed by atoms with E-state index in [1.165, 1.54) is 6.20 Å². The topological polar surface area (TPSA) is 73.3 Å². The monoisotopic (exact) mass is 265 g/mol. The Kier molecular flexibility index (Phi) is 4.13. The highest BCUT2D eigenvalue weighted by molar-refractivity contribution is 5.31. The summed E-state index contributed by atoms with van der Waals surface area (Å²) in [5.41, 5.74) is 2.87. The third-order valence-corrected chi connectivity index (χ3v) is 2.69. The smallest absolute Gasteiger partial charge is 0.250 e. The molecule has 0 bridgehead atoms. The minimum absolute atomic E-state index is 0.0384. The Balaban J connectivity index is 2.41. The van der Waals surface area contributed by atoms with Crippen molar-refractivity contribution in [1.82, 2.24) is 10.4 Å². The van der Waals surface area contributed by atoms with Crippen LogP contribution in [0.25, 0.3) is 0 Å². The molecule has 19 heavy (non-hydrogen) atoms. The van der Waals surface area contributed by atoms with Gasteiger partial charge in [0, 0.05) is 11.8 Å². The van der Waals surface area contributed by atoms with Crippen molar-refractivity contribution >= 4 is 0 Å². The van der Waals surface area contributed by atoms with E-state index in [1.807, 2.05) is 6.92 Å². The van der Waals surface area contributed by atoms with Crippen LogP contribution in [-0.2, 0) is 0 Å². The zero-order chi connectivity index (χ0) is 13.8. The van der Waals surface area contributed by atoms with Crippen LogP contribution in [0.1, 0.15) is 30.0 Å². The van der Waals surface area contributed by atoms with Crippen LogP contribution in [0.2, 0.25) is 0 Å². The number of nitrogens with one attached hydrogen (secondary N) is 1. The van der Waals surface area contributed by atoms with E-state index in [2.05, 4.69) is 10.4 Å². The van der Waals surface area contributed by atoms with Crippen LogP contribution in [0.5, 0.6) is 5.88 Å². The molecule has 102 valence electrons. The molecule has 0 spiro atoms. The Labute approximate surface area is 110 Å². The van der Waals surface area contributed by atoms with E-state index in [4.69, 9.17) is 15.0 Å². The summed E-state index contributed by atoms with van der Waals surface area (Å²) < 4.78 is 24.9. The molecule has 0 saturated heterocycles. The lowest BCUT2D eigenvalue weighted by Crippen LogP contribution is -2.29. The van der Waals surface area contributed by atoms with Crippen molar-refractivity contribution in [3.8, 4) is 5.88 Å². The van der Waals surface area contributed by atoms with Gasteiger partial charge in [-0.2, -0.15) is 0 Å². The first kappa shape index (κ1) is 13.5. The van der Waals surface area contributed by atoms with E-state index in [9.17, 15) is 4.39 Å². The minimum atomic E-state index is -0.587. The zero-order valence-corrected chi connectivity index (χ0v) is 10.8. The van der Waals surface area contributed by atoms with Gasteiger partial charge in [-0.15, -0.1) is 0 Å². The van der Waals surface area contributed by atoms with Crippen LogP contribution in [0, 0.1) is 12.7 Å². The molecular formula is C13H16FN3O2. The number of hydrazine groups is 1. The molecule has 0 aliphatic rings. The SMILES string of the molecule is CCOc1nccc(C(NN)c2ccc(C)o2)c1F. The van der Waals surface area contributed by atoms with Crippen LogP contribution >= 0.6 is 0 Å². The molecule has 0 aliphatic heterocycles. The van der Waals surface area contributed by atoms with Crippen molar-refractivity contribution in [1.29, 1.82) is 0 Å². The number of rotatable bonds is 5. The second-order valence-corrected chi connectivity index (χ2v) is 4.00. The molecular weight excluding hydrogens is 249 g/mol. The molecule has 1 unspecified atom stereocenters. The van der Waals surface area contributed by atoms with Gasteiger partial charge in [0.05, 0.1) is 6.61 Å². The molecule has 2 aromatic heterocycles. The predicted molar refractivity (Wildman–Crippen MR) is 68.0 cm³/mol. The average Bonchev–Trinajstić information content (AvgIpc) is 2.81. The standard InChI is InChI=1S/C13H16FN3O2/c1-3-18-13-11(14)9(6-7-16-13)12(17-15)10-5-4-8(2)19-10/h4-7,12,17H,3,15H2,1-2H3. The third kappa shape index (κ3) is 2.74. The summed E-state index contributed by atoms with van der Waals surface area (Å²) in [5, 5.41) is 0. The first-order valence-electron chi connectivity index (χ1n) is 5.97. The maximum absolute atomic E-state index is 14.3. The number of pyridine rings is 1. The summed E-state index contributed by atoms with van der Waals surface area (Å²) in [5.74, 6) is 6.19. The van der Waals surface area contributed by atoms with Crippen LogP contribution < -0.4 is 16.0 Å². The van der Waals surface area contributed by atoms with Gasteiger partial charge < -0.3 is 9.15 Å². The van der Waals surface area contributed by atoms with Gasteiger partial charge in [-0.05, 0) is 32.0 Å². The van der Waals surface area contributed by atoms with Gasteiger partial charge in [0.15, 0.2) is 5.82 Å². The van der Waals surface area contributed by atoms with Crippen LogP contribution in [0.4, 0.5) is 4.39 Å².